The molecule has 0 aliphatic heterocycles. The van der Waals surface area contributed by atoms with Crippen LogP contribution in [0.25, 0.3) is 0 Å². The van der Waals surface area contributed by atoms with Crippen LogP contribution >= 0.6 is 27.5 Å². The lowest BCUT2D eigenvalue weighted by Crippen LogP contribution is -2.32. The van der Waals surface area contributed by atoms with E-state index >= 15 is 0 Å². The van der Waals surface area contributed by atoms with E-state index in [0.29, 0.717) is 11.4 Å². The normalized spacial score (nSPS) is 12.2. The van der Waals surface area contributed by atoms with E-state index in [4.69, 9.17) is 11.6 Å². The van der Waals surface area contributed by atoms with Crippen molar-refractivity contribution < 1.29 is 4.79 Å². The van der Waals surface area contributed by atoms with E-state index in [-0.39, 0.29) is 11.9 Å². The van der Waals surface area contributed by atoms with Crippen LogP contribution in [0.15, 0.2) is 28.7 Å². The molecule has 1 aromatic carbocycles. The second-order valence-corrected chi connectivity index (χ2v) is 5.01. The number of carbonyl (C=O) groups excluding carboxylic acids is 1. The molecule has 1 aromatic rings. The molecule has 4 heteroatoms. The monoisotopic (exact) mass is 303 g/mol. The molecule has 1 amide bonds. The van der Waals surface area contributed by atoms with Crippen molar-refractivity contribution in [1.82, 2.24) is 5.32 Å². The summed E-state index contributed by atoms with van der Waals surface area (Å²) in [6.45, 7) is 1.99. The quantitative estimate of drug-likeness (QED) is 0.828. The van der Waals surface area contributed by atoms with Crippen molar-refractivity contribution in [3.8, 4) is 0 Å². The zero-order valence-electron chi connectivity index (χ0n) is 9.17. The lowest BCUT2D eigenvalue weighted by molar-refractivity contribution is 0.0938. The van der Waals surface area contributed by atoms with Gasteiger partial charge in [-0.25, -0.2) is 0 Å². The first kappa shape index (κ1) is 13.5. The molecule has 0 radical (unpaired) electrons. The maximum atomic E-state index is 11.8. The molecule has 0 saturated carbocycles. The van der Waals surface area contributed by atoms with Crippen LogP contribution in [0.2, 0.25) is 0 Å². The van der Waals surface area contributed by atoms with Crippen LogP contribution in [0.4, 0.5) is 0 Å². The minimum atomic E-state index is -0.0385. The number of nitrogens with one attached hydrogen (secondary N) is 1. The van der Waals surface area contributed by atoms with Crippen molar-refractivity contribution in [2.45, 2.75) is 25.8 Å². The first-order valence-corrected chi connectivity index (χ1v) is 6.58. The van der Waals surface area contributed by atoms with Gasteiger partial charge in [0.15, 0.2) is 0 Å². The Labute approximate surface area is 110 Å². The largest absolute Gasteiger partial charge is 0.350 e. The Bertz CT molecular complexity index is 357. The van der Waals surface area contributed by atoms with Crippen LogP contribution < -0.4 is 5.32 Å². The van der Waals surface area contributed by atoms with Gasteiger partial charge >= 0.3 is 0 Å². The average Bonchev–Trinajstić information content (AvgIpc) is 2.26. The molecule has 0 saturated heterocycles. The van der Waals surface area contributed by atoms with Crippen molar-refractivity contribution in [1.29, 1.82) is 0 Å². The molecule has 88 valence electrons. The number of halogens is 2. The second-order valence-electron chi connectivity index (χ2n) is 3.72. The minimum Gasteiger partial charge on any atom is -0.350 e. The van der Waals surface area contributed by atoms with Crippen molar-refractivity contribution in [2.24, 2.45) is 0 Å². The third kappa shape index (κ3) is 4.54. The Morgan fingerprint density at radius 2 is 2.31 bits per heavy atom. The molecule has 0 aliphatic carbocycles. The molecule has 16 heavy (non-hydrogen) atoms. The highest BCUT2D eigenvalue weighted by Crippen LogP contribution is 2.11. The van der Waals surface area contributed by atoms with E-state index in [9.17, 15) is 4.79 Å². The van der Waals surface area contributed by atoms with Gasteiger partial charge in [-0.3, -0.25) is 4.79 Å². The smallest absolute Gasteiger partial charge is 0.251 e. The Morgan fingerprint density at radius 3 is 2.94 bits per heavy atom. The summed E-state index contributed by atoms with van der Waals surface area (Å²) in [7, 11) is 0. The van der Waals surface area contributed by atoms with Crippen molar-refractivity contribution in [3.63, 3.8) is 0 Å². The van der Waals surface area contributed by atoms with E-state index < -0.39 is 0 Å². The molecular formula is C12H15BrClNO. The summed E-state index contributed by atoms with van der Waals surface area (Å²) in [4.78, 5) is 11.8. The molecule has 1 rings (SSSR count). The highest BCUT2D eigenvalue weighted by Gasteiger charge is 2.09. The number of hydrogen-bond donors (Lipinski definition) is 1. The van der Waals surface area contributed by atoms with Crippen LogP contribution in [0.3, 0.4) is 0 Å². The summed E-state index contributed by atoms with van der Waals surface area (Å²) in [6.07, 6.45) is 1.82. The van der Waals surface area contributed by atoms with Gasteiger partial charge in [-0.15, -0.1) is 11.6 Å². The van der Waals surface area contributed by atoms with Crippen LogP contribution in [0, 0.1) is 0 Å². The fourth-order valence-electron chi connectivity index (χ4n) is 1.39. The summed E-state index contributed by atoms with van der Waals surface area (Å²) < 4.78 is 0.911. The third-order valence-corrected chi connectivity index (χ3v) is 3.00. The van der Waals surface area contributed by atoms with Gasteiger partial charge in [-0.1, -0.05) is 22.0 Å². The Kier molecular flexibility index (Phi) is 5.85. The molecule has 0 spiro atoms. The number of alkyl halides is 1. The SMILES string of the molecule is CC(CCCCl)NC(=O)c1cccc(Br)c1. The fourth-order valence-corrected chi connectivity index (χ4v) is 1.95. The minimum absolute atomic E-state index is 0.0385. The highest BCUT2D eigenvalue weighted by atomic mass is 79.9. The zero-order chi connectivity index (χ0) is 12.0. The Balaban J connectivity index is 2.52. The van der Waals surface area contributed by atoms with Gasteiger partial charge in [0.2, 0.25) is 0 Å². The molecular weight excluding hydrogens is 289 g/mol. The highest BCUT2D eigenvalue weighted by molar-refractivity contribution is 9.10. The number of hydrogen-bond acceptors (Lipinski definition) is 1. The maximum Gasteiger partial charge on any atom is 0.251 e. The molecule has 0 bridgehead atoms. The van der Waals surface area contributed by atoms with E-state index in [0.717, 1.165) is 17.3 Å². The van der Waals surface area contributed by atoms with Crippen LogP contribution in [-0.4, -0.2) is 17.8 Å². The van der Waals surface area contributed by atoms with E-state index in [1.807, 2.05) is 25.1 Å². The third-order valence-electron chi connectivity index (χ3n) is 2.24. The van der Waals surface area contributed by atoms with Gasteiger partial charge in [0.25, 0.3) is 5.91 Å². The van der Waals surface area contributed by atoms with Crippen LogP contribution in [0.1, 0.15) is 30.1 Å². The zero-order valence-corrected chi connectivity index (χ0v) is 11.5. The number of carbonyl (C=O) groups is 1. The standard InChI is InChI=1S/C12H15BrClNO/c1-9(4-3-7-14)15-12(16)10-5-2-6-11(13)8-10/h2,5-6,8-9H,3-4,7H2,1H3,(H,15,16). The first-order valence-electron chi connectivity index (χ1n) is 5.26. The van der Waals surface area contributed by atoms with Gasteiger partial charge < -0.3 is 5.32 Å². The fraction of sp³-hybridized carbons (Fsp3) is 0.417. The summed E-state index contributed by atoms with van der Waals surface area (Å²) in [6, 6.07) is 7.51. The molecule has 1 N–H and O–H groups in total. The van der Waals surface area contributed by atoms with Crippen LogP contribution in [0.5, 0.6) is 0 Å². The number of benzene rings is 1. The van der Waals surface area contributed by atoms with Crippen LogP contribution in [-0.2, 0) is 0 Å². The molecule has 1 unspecified atom stereocenters. The summed E-state index contributed by atoms with van der Waals surface area (Å²) >= 11 is 8.94. The first-order chi connectivity index (χ1) is 7.63. The number of amides is 1. The van der Waals surface area contributed by atoms with Gasteiger partial charge in [0, 0.05) is 22.0 Å². The molecule has 0 aliphatic rings. The maximum absolute atomic E-state index is 11.8. The second kappa shape index (κ2) is 6.92. The molecule has 2 nitrogen and oxygen atoms in total. The van der Waals surface area contributed by atoms with E-state index in [1.54, 1.807) is 6.07 Å². The molecule has 1 atom stereocenters. The molecule has 0 heterocycles. The topological polar surface area (TPSA) is 29.1 Å². The Morgan fingerprint density at radius 1 is 1.56 bits per heavy atom. The summed E-state index contributed by atoms with van der Waals surface area (Å²) in [5.74, 6) is 0.597. The van der Waals surface area contributed by atoms with Gasteiger partial charge in [0.1, 0.15) is 0 Å². The predicted molar refractivity (Wildman–Crippen MR) is 71.0 cm³/mol. The summed E-state index contributed by atoms with van der Waals surface area (Å²) in [5.41, 5.74) is 0.673. The van der Waals surface area contributed by atoms with Gasteiger partial charge in [-0.2, -0.15) is 0 Å². The lowest BCUT2D eigenvalue weighted by atomic mass is 10.1. The van der Waals surface area contributed by atoms with E-state index in [2.05, 4.69) is 21.2 Å². The molecule has 0 fully saturated rings. The summed E-state index contributed by atoms with van der Waals surface area (Å²) in [5, 5.41) is 2.94. The number of rotatable bonds is 5. The van der Waals surface area contributed by atoms with E-state index in [1.165, 1.54) is 0 Å². The predicted octanol–water partition coefficient (Wildman–Crippen LogP) is 3.59. The van der Waals surface area contributed by atoms with Crippen molar-refractivity contribution >= 4 is 33.4 Å². The molecule has 0 aromatic heterocycles. The van der Waals surface area contributed by atoms with Gasteiger partial charge in [-0.05, 0) is 38.0 Å². The van der Waals surface area contributed by atoms with Gasteiger partial charge in [0.05, 0.1) is 0 Å². The average molecular weight is 305 g/mol. The van der Waals surface area contributed by atoms with Crippen molar-refractivity contribution in [3.05, 3.63) is 34.3 Å². The Hall–Kier alpha value is -0.540. The lowest BCUT2D eigenvalue weighted by Gasteiger charge is -2.13. The van der Waals surface area contributed by atoms with Crippen molar-refractivity contribution in [2.75, 3.05) is 5.88 Å².